The first-order valence-electron chi connectivity index (χ1n) is 9.39. The fourth-order valence-corrected chi connectivity index (χ4v) is 4.29. The normalized spacial score (nSPS) is 26.6. The molecule has 2 amide bonds. The molecule has 1 aromatic rings. The Morgan fingerprint density at radius 2 is 1.88 bits per heavy atom. The van der Waals surface area contributed by atoms with Crippen molar-refractivity contribution in [2.24, 2.45) is 5.41 Å². The first-order valence-corrected chi connectivity index (χ1v) is 9.39. The molecule has 1 atom stereocenters. The molecule has 1 aromatic carbocycles. The second-order valence-corrected chi connectivity index (χ2v) is 7.75. The molecule has 25 heavy (non-hydrogen) atoms. The molecule has 3 fully saturated rings. The Labute approximate surface area is 148 Å². The molecular weight excluding hydrogens is 316 g/mol. The summed E-state index contributed by atoms with van der Waals surface area (Å²) in [7, 11) is 0. The van der Waals surface area contributed by atoms with Crippen molar-refractivity contribution in [3.8, 4) is 0 Å². The summed E-state index contributed by atoms with van der Waals surface area (Å²) in [4.78, 5) is 28.6. The highest BCUT2D eigenvalue weighted by atomic mass is 16.5. The molecule has 3 saturated heterocycles. The predicted octanol–water partition coefficient (Wildman–Crippen LogP) is 2.45. The van der Waals surface area contributed by atoms with Gasteiger partial charge in [-0.2, -0.15) is 0 Å². The fourth-order valence-electron chi connectivity index (χ4n) is 4.29. The van der Waals surface area contributed by atoms with Crippen LogP contribution < -0.4 is 0 Å². The molecule has 134 valence electrons. The van der Waals surface area contributed by atoms with Crippen LogP contribution in [0.4, 0.5) is 0 Å². The summed E-state index contributed by atoms with van der Waals surface area (Å²) in [5.74, 6) is 0.356. The van der Waals surface area contributed by atoms with Crippen molar-refractivity contribution in [3.63, 3.8) is 0 Å². The monoisotopic (exact) mass is 342 g/mol. The third-order valence-electron chi connectivity index (χ3n) is 5.90. The second-order valence-electron chi connectivity index (χ2n) is 7.75. The summed E-state index contributed by atoms with van der Waals surface area (Å²) >= 11 is 0. The molecular formula is C20H26N2O3. The van der Waals surface area contributed by atoms with E-state index in [0.29, 0.717) is 13.0 Å². The van der Waals surface area contributed by atoms with Gasteiger partial charge in [0.1, 0.15) is 0 Å². The van der Waals surface area contributed by atoms with Gasteiger partial charge >= 0.3 is 0 Å². The van der Waals surface area contributed by atoms with Crippen molar-refractivity contribution in [1.29, 1.82) is 0 Å². The van der Waals surface area contributed by atoms with Crippen LogP contribution >= 0.6 is 0 Å². The van der Waals surface area contributed by atoms with E-state index in [0.717, 1.165) is 69.7 Å². The number of rotatable bonds is 3. The zero-order chi connectivity index (χ0) is 17.3. The third kappa shape index (κ3) is 3.43. The van der Waals surface area contributed by atoms with E-state index in [-0.39, 0.29) is 17.2 Å². The summed E-state index contributed by atoms with van der Waals surface area (Å²) in [6, 6.07) is 7.78. The number of amides is 2. The van der Waals surface area contributed by atoms with Crippen molar-refractivity contribution < 1.29 is 14.3 Å². The quantitative estimate of drug-likeness (QED) is 0.848. The summed E-state index contributed by atoms with van der Waals surface area (Å²) in [5, 5.41) is 0. The molecule has 3 heterocycles. The number of likely N-dealkylation sites (tertiary alicyclic amines) is 2. The number of carbonyl (C=O) groups excluding carboxylic acids is 2. The van der Waals surface area contributed by atoms with Crippen LogP contribution in [-0.2, 0) is 16.1 Å². The average molecular weight is 342 g/mol. The predicted molar refractivity (Wildman–Crippen MR) is 94.1 cm³/mol. The van der Waals surface area contributed by atoms with Gasteiger partial charge in [-0.3, -0.25) is 9.59 Å². The Hall–Kier alpha value is -1.88. The number of carbonyl (C=O) groups is 2. The summed E-state index contributed by atoms with van der Waals surface area (Å²) in [6.45, 7) is 4.74. The number of piperidine rings is 1. The largest absolute Gasteiger partial charge is 0.381 e. The Bertz CT molecular complexity index is 643. The van der Waals surface area contributed by atoms with Crippen LogP contribution in [0.25, 0.3) is 0 Å². The minimum absolute atomic E-state index is 0.125. The number of hydrogen-bond donors (Lipinski definition) is 0. The fraction of sp³-hybridized carbons (Fsp3) is 0.600. The van der Waals surface area contributed by atoms with Crippen molar-refractivity contribution in [2.45, 2.75) is 38.6 Å². The molecule has 5 nitrogen and oxygen atoms in total. The highest BCUT2D eigenvalue weighted by molar-refractivity contribution is 5.94. The summed E-state index contributed by atoms with van der Waals surface area (Å²) in [6.07, 6.45) is 4.83. The van der Waals surface area contributed by atoms with Gasteiger partial charge in [0.2, 0.25) is 5.91 Å². The van der Waals surface area contributed by atoms with Gasteiger partial charge in [0.15, 0.2) is 0 Å². The van der Waals surface area contributed by atoms with E-state index >= 15 is 0 Å². The number of ether oxygens (including phenoxy) is 1. The second kappa shape index (κ2) is 6.79. The molecule has 3 aliphatic rings. The standard InChI is InChI=1S/C20H26N2O3/c23-18-7-8-20(9-12-25-15-20)14-22(18)13-16-3-5-17(6-4-16)19(24)21-10-1-2-11-21/h3-6H,1-2,7-15H2. The van der Waals surface area contributed by atoms with E-state index in [1.807, 2.05) is 34.1 Å². The smallest absolute Gasteiger partial charge is 0.253 e. The van der Waals surface area contributed by atoms with E-state index in [4.69, 9.17) is 4.74 Å². The number of hydrogen-bond acceptors (Lipinski definition) is 3. The van der Waals surface area contributed by atoms with Gasteiger partial charge in [0.25, 0.3) is 5.91 Å². The van der Waals surface area contributed by atoms with Crippen LogP contribution in [0.2, 0.25) is 0 Å². The summed E-state index contributed by atoms with van der Waals surface area (Å²) < 4.78 is 5.58. The van der Waals surface area contributed by atoms with E-state index in [9.17, 15) is 9.59 Å². The maximum absolute atomic E-state index is 12.4. The molecule has 0 N–H and O–H groups in total. The summed E-state index contributed by atoms with van der Waals surface area (Å²) in [5.41, 5.74) is 2.00. The van der Waals surface area contributed by atoms with E-state index in [1.165, 1.54) is 0 Å². The van der Waals surface area contributed by atoms with Gasteiger partial charge in [0, 0.05) is 50.2 Å². The lowest BCUT2D eigenvalue weighted by molar-refractivity contribution is -0.138. The Morgan fingerprint density at radius 1 is 1.12 bits per heavy atom. The molecule has 0 radical (unpaired) electrons. The first kappa shape index (κ1) is 16.6. The topological polar surface area (TPSA) is 49.9 Å². The van der Waals surface area contributed by atoms with Gasteiger partial charge in [-0.25, -0.2) is 0 Å². The lowest BCUT2D eigenvalue weighted by atomic mass is 9.79. The molecule has 1 spiro atoms. The minimum atomic E-state index is 0.125. The van der Waals surface area contributed by atoms with Gasteiger partial charge in [-0.05, 0) is 43.4 Å². The Morgan fingerprint density at radius 3 is 2.56 bits per heavy atom. The third-order valence-corrected chi connectivity index (χ3v) is 5.90. The van der Waals surface area contributed by atoms with Gasteiger partial charge in [-0.15, -0.1) is 0 Å². The van der Waals surface area contributed by atoms with Gasteiger partial charge in [0.05, 0.1) is 6.61 Å². The van der Waals surface area contributed by atoms with E-state index in [1.54, 1.807) is 0 Å². The molecule has 3 aliphatic heterocycles. The molecule has 0 saturated carbocycles. The maximum atomic E-state index is 12.4. The SMILES string of the molecule is O=C1CCC2(CCOC2)CN1Cc1ccc(C(=O)N2CCCC2)cc1. The molecule has 0 aromatic heterocycles. The van der Waals surface area contributed by atoms with Crippen molar-refractivity contribution in [3.05, 3.63) is 35.4 Å². The molecule has 0 bridgehead atoms. The minimum Gasteiger partial charge on any atom is -0.381 e. The molecule has 4 rings (SSSR count). The Kier molecular flexibility index (Phi) is 4.50. The molecule has 5 heteroatoms. The van der Waals surface area contributed by atoms with Crippen LogP contribution in [0, 0.1) is 5.41 Å². The van der Waals surface area contributed by atoms with Crippen LogP contribution in [0.15, 0.2) is 24.3 Å². The van der Waals surface area contributed by atoms with Crippen LogP contribution in [0.1, 0.15) is 48.0 Å². The van der Waals surface area contributed by atoms with Crippen molar-refractivity contribution in [1.82, 2.24) is 9.80 Å². The Balaban J connectivity index is 1.41. The highest BCUT2D eigenvalue weighted by Gasteiger charge is 2.41. The number of benzene rings is 1. The van der Waals surface area contributed by atoms with Gasteiger partial charge in [-0.1, -0.05) is 12.1 Å². The van der Waals surface area contributed by atoms with E-state index < -0.39 is 0 Å². The van der Waals surface area contributed by atoms with Crippen LogP contribution in [0.5, 0.6) is 0 Å². The van der Waals surface area contributed by atoms with E-state index in [2.05, 4.69) is 0 Å². The van der Waals surface area contributed by atoms with Crippen molar-refractivity contribution >= 4 is 11.8 Å². The highest BCUT2D eigenvalue weighted by Crippen LogP contribution is 2.38. The zero-order valence-electron chi connectivity index (χ0n) is 14.7. The molecule has 0 aliphatic carbocycles. The zero-order valence-corrected chi connectivity index (χ0v) is 14.7. The maximum Gasteiger partial charge on any atom is 0.253 e. The average Bonchev–Trinajstić information content (AvgIpc) is 3.31. The lowest BCUT2D eigenvalue weighted by Gasteiger charge is -2.39. The van der Waals surface area contributed by atoms with Gasteiger partial charge < -0.3 is 14.5 Å². The van der Waals surface area contributed by atoms with Crippen molar-refractivity contribution in [2.75, 3.05) is 32.8 Å². The van der Waals surface area contributed by atoms with Crippen LogP contribution in [0.3, 0.4) is 0 Å². The molecule has 1 unspecified atom stereocenters. The van der Waals surface area contributed by atoms with Crippen LogP contribution in [-0.4, -0.2) is 54.5 Å². The first-order chi connectivity index (χ1) is 12.2. The lowest BCUT2D eigenvalue weighted by Crippen LogP contribution is -2.46. The number of nitrogens with zero attached hydrogens (tertiary/aromatic N) is 2.